The van der Waals surface area contributed by atoms with E-state index in [4.69, 9.17) is 10.4 Å². The van der Waals surface area contributed by atoms with Crippen LogP contribution in [0.15, 0.2) is 0 Å². The van der Waals surface area contributed by atoms with Gasteiger partial charge >= 0.3 is 0 Å². The van der Waals surface area contributed by atoms with Gasteiger partial charge in [-0.2, -0.15) is 5.26 Å². The Morgan fingerprint density at radius 3 is 2.89 bits per heavy atom. The third kappa shape index (κ3) is 1.90. The average molecular weight is 126 g/mol. The van der Waals surface area contributed by atoms with Crippen LogP contribution >= 0.6 is 0 Å². The van der Waals surface area contributed by atoms with Gasteiger partial charge in [0.2, 0.25) is 0 Å². The van der Waals surface area contributed by atoms with Gasteiger partial charge in [0.05, 0.1) is 12.6 Å². The molecule has 1 rings (SSSR count). The molecule has 0 bridgehead atoms. The van der Waals surface area contributed by atoms with Gasteiger partial charge < -0.3 is 10.4 Å². The van der Waals surface area contributed by atoms with Crippen molar-refractivity contribution >= 4 is 0 Å². The molecule has 1 atom stereocenters. The van der Waals surface area contributed by atoms with Crippen LogP contribution in [0.2, 0.25) is 0 Å². The van der Waals surface area contributed by atoms with Gasteiger partial charge in [0.15, 0.2) is 6.19 Å². The zero-order valence-corrected chi connectivity index (χ0v) is 5.17. The van der Waals surface area contributed by atoms with Gasteiger partial charge in [-0.1, -0.05) is 0 Å². The molecule has 0 radical (unpaired) electrons. The average Bonchev–Trinajstić information content (AvgIpc) is 2.63. The molecule has 50 valence electrons. The Bertz CT molecular complexity index is 126. The molecule has 1 saturated carbocycles. The lowest BCUT2D eigenvalue weighted by Gasteiger charge is -2.04. The van der Waals surface area contributed by atoms with E-state index in [0.29, 0.717) is 12.5 Å². The summed E-state index contributed by atoms with van der Waals surface area (Å²) in [6, 6.07) is 0. The summed E-state index contributed by atoms with van der Waals surface area (Å²) in [5.41, 5.74) is 0. The fraction of sp³-hybridized carbons (Fsp3) is 0.833. The normalized spacial score (nSPS) is 20.4. The fourth-order valence-electron chi connectivity index (χ4n) is 0.798. The Kier molecular flexibility index (Phi) is 1.91. The molecule has 0 aromatic rings. The summed E-state index contributed by atoms with van der Waals surface area (Å²) >= 11 is 0. The molecule has 1 aliphatic carbocycles. The largest absolute Gasteiger partial charge is 0.391 e. The Morgan fingerprint density at radius 1 is 1.78 bits per heavy atom. The topological polar surface area (TPSA) is 56.0 Å². The minimum Gasteiger partial charge on any atom is -0.391 e. The standard InChI is InChI=1S/C6H10N2O/c7-4-8-3-6(9)5-1-2-5/h5-6,8-9H,1-3H2. The van der Waals surface area contributed by atoms with Gasteiger partial charge in [-0.3, -0.25) is 0 Å². The summed E-state index contributed by atoms with van der Waals surface area (Å²) in [5, 5.41) is 19.6. The van der Waals surface area contributed by atoms with Crippen LogP contribution in [0, 0.1) is 17.4 Å². The maximum absolute atomic E-state index is 9.11. The number of aliphatic hydroxyl groups is 1. The lowest BCUT2D eigenvalue weighted by molar-refractivity contribution is 0.153. The predicted molar refractivity (Wildman–Crippen MR) is 32.3 cm³/mol. The summed E-state index contributed by atoms with van der Waals surface area (Å²) < 4.78 is 0. The minimum atomic E-state index is -0.301. The van der Waals surface area contributed by atoms with E-state index in [9.17, 15) is 0 Å². The molecule has 1 fully saturated rings. The molecule has 0 aromatic carbocycles. The summed E-state index contributed by atoms with van der Waals surface area (Å²) in [7, 11) is 0. The molecule has 0 saturated heterocycles. The van der Waals surface area contributed by atoms with Gasteiger partial charge in [0.1, 0.15) is 0 Å². The van der Waals surface area contributed by atoms with E-state index in [2.05, 4.69) is 5.32 Å². The maximum Gasteiger partial charge on any atom is 0.176 e. The highest BCUT2D eigenvalue weighted by atomic mass is 16.3. The summed E-state index contributed by atoms with van der Waals surface area (Å²) in [4.78, 5) is 0. The van der Waals surface area contributed by atoms with Crippen LogP contribution in [0.1, 0.15) is 12.8 Å². The molecule has 0 heterocycles. The molecule has 0 spiro atoms. The molecular weight excluding hydrogens is 116 g/mol. The lowest BCUT2D eigenvalue weighted by Crippen LogP contribution is -2.24. The van der Waals surface area contributed by atoms with Crippen molar-refractivity contribution in [1.29, 1.82) is 5.26 Å². The lowest BCUT2D eigenvalue weighted by atomic mass is 10.2. The van der Waals surface area contributed by atoms with Crippen LogP contribution in [0.5, 0.6) is 0 Å². The molecular formula is C6H10N2O. The van der Waals surface area contributed by atoms with Crippen LogP contribution in [0.4, 0.5) is 0 Å². The van der Waals surface area contributed by atoms with E-state index in [1.54, 1.807) is 6.19 Å². The number of aliphatic hydroxyl groups excluding tert-OH is 1. The Labute approximate surface area is 54.3 Å². The van der Waals surface area contributed by atoms with E-state index >= 15 is 0 Å². The second-order valence-electron chi connectivity index (χ2n) is 2.40. The zero-order chi connectivity index (χ0) is 6.69. The second-order valence-corrected chi connectivity index (χ2v) is 2.40. The van der Waals surface area contributed by atoms with Gasteiger partial charge in [-0.25, -0.2) is 0 Å². The highest BCUT2D eigenvalue weighted by Gasteiger charge is 2.29. The Hall–Kier alpha value is -0.750. The van der Waals surface area contributed by atoms with E-state index in [0.717, 1.165) is 12.8 Å². The first kappa shape index (κ1) is 6.37. The van der Waals surface area contributed by atoms with E-state index < -0.39 is 0 Å². The van der Waals surface area contributed by atoms with Crippen LogP contribution in [-0.4, -0.2) is 17.8 Å². The van der Waals surface area contributed by atoms with Crippen molar-refractivity contribution in [3.05, 3.63) is 0 Å². The van der Waals surface area contributed by atoms with Crippen LogP contribution in [0.3, 0.4) is 0 Å². The SMILES string of the molecule is N#CNCC(O)C1CC1. The summed E-state index contributed by atoms with van der Waals surface area (Å²) in [6.07, 6.45) is 3.71. The van der Waals surface area contributed by atoms with Crippen molar-refractivity contribution in [2.45, 2.75) is 18.9 Å². The van der Waals surface area contributed by atoms with Crippen molar-refractivity contribution in [1.82, 2.24) is 5.32 Å². The molecule has 1 unspecified atom stereocenters. The monoisotopic (exact) mass is 126 g/mol. The molecule has 9 heavy (non-hydrogen) atoms. The predicted octanol–water partition coefficient (Wildman–Crippen LogP) is -0.172. The number of nitriles is 1. The highest BCUT2D eigenvalue weighted by Crippen LogP contribution is 2.31. The second kappa shape index (κ2) is 2.70. The molecule has 0 aromatic heterocycles. The minimum absolute atomic E-state index is 0.301. The molecule has 2 N–H and O–H groups in total. The van der Waals surface area contributed by atoms with Crippen molar-refractivity contribution in [3.8, 4) is 6.19 Å². The fourth-order valence-corrected chi connectivity index (χ4v) is 0.798. The van der Waals surface area contributed by atoms with E-state index in [1.807, 2.05) is 0 Å². The maximum atomic E-state index is 9.11. The zero-order valence-electron chi connectivity index (χ0n) is 5.17. The van der Waals surface area contributed by atoms with Crippen molar-refractivity contribution in [3.63, 3.8) is 0 Å². The third-order valence-electron chi connectivity index (χ3n) is 1.56. The number of nitrogens with zero attached hydrogens (tertiary/aromatic N) is 1. The summed E-state index contributed by atoms with van der Waals surface area (Å²) in [6.45, 7) is 0.418. The number of nitrogens with one attached hydrogen (secondary N) is 1. The number of hydrogen-bond donors (Lipinski definition) is 2. The Balaban J connectivity index is 2.04. The van der Waals surface area contributed by atoms with Gasteiger partial charge in [0.25, 0.3) is 0 Å². The number of hydrogen-bond acceptors (Lipinski definition) is 3. The molecule has 3 heteroatoms. The Morgan fingerprint density at radius 2 is 2.44 bits per heavy atom. The van der Waals surface area contributed by atoms with Crippen molar-refractivity contribution < 1.29 is 5.11 Å². The highest BCUT2D eigenvalue weighted by molar-refractivity contribution is 4.83. The molecule has 1 aliphatic rings. The van der Waals surface area contributed by atoms with Gasteiger partial charge in [0, 0.05) is 0 Å². The first-order valence-electron chi connectivity index (χ1n) is 3.14. The van der Waals surface area contributed by atoms with Gasteiger partial charge in [-0.15, -0.1) is 0 Å². The van der Waals surface area contributed by atoms with E-state index in [1.165, 1.54) is 0 Å². The van der Waals surface area contributed by atoms with Crippen LogP contribution < -0.4 is 5.32 Å². The van der Waals surface area contributed by atoms with Gasteiger partial charge in [-0.05, 0) is 18.8 Å². The van der Waals surface area contributed by atoms with Crippen molar-refractivity contribution in [2.75, 3.05) is 6.54 Å². The third-order valence-corrected chi connectivity index (χ3v) is 1.56. The quantitative estimate of drug-likeness (QED) is 0.407. The summed E-state index contributed by atoms with van der Waals surface area (Å²) in [5.74, 6) is 0.464. The van der Waals surface area contributed by atoms with Crippen LogP contribution in [0.25, 0.3) is 0 Å². The number of rotatable bonds is 3. The molecule has 3 nitrogen and oxygen atoms in total. The molecule has 0 aliphatic heterocycles. The van der Waals surface area contributed by atoms with Crippen molar-refractivity contribution in [2.24, 2.45) is 5.92 Å². The first-order valence-corrected chi connectivity index (χ1v) is 3.14. The van der Waals surface area contributed by atoms with Crippen LogP contribution in [-0.2, 0) is 0 Å². The smallest absolute Gasteiger partial charge is 0.176 e. The van der Waals surface area contributed by atoms with E-state index in [-0.39, 0.29) is 6.10 Å². The molecule has 0 amide bonds. The first-order chi connectivity index (χ1) is 4.34.